The van der Waals surface area contributed by atoms with E-state index in [1.165, 1.54) is 0 Å². The maximum atomic E-state index is 11.8. The van der Waals surface area contributed by atoms with Gasteiger partial charge in [-0.3, -0.25) is 0 Å². The summed E-state index contributed by atoms with van der Waals surface area (Å²) in [5, 5.41) is 14.6. The van der Waals surface area contributed by atoms with Crippen LogP contribution in [-0.4, -0.2) is 19.2 Å². The van der Waals surface area contributed by atoms with E-state index in [4.69, 9.17) is 10.00 Å². The van der Waals surface area contributed by atoms with Crippen molar-refractivity contribution >= 4 is 11.7 Å². The Morgan fingerprint density at radius 3 is 2.74 bits per heavy atom. The van der Waals surface area contributed by atoms with Gasteiger partial charge in [-0.1, -0.05) is 0 Å². The highest BCUT2D eigenvalue weighted by Crippen LogP contribution is 2.25. The van der Waals surface area contributed by atoms with Gasteiger partial charge in [0, 0.05) is 11.7 Å². The average Bonchev–Trinajstić information content (AvgIpc) is 2.86. The number of hydrogen-bond acceptors (Lipinski definition) is 3. The predicted octanol–water partition coefficient (Wildman–Crippen LogP) is 2.51. The van der Waals surface area contributed by atoms with E-state index in [-0.39, 0.29) is 18.0 Å². The molecule has 5 nitrogen and oxygen atoms in total. The van der Waals surface area contributed by atoms with Crippen molar-refractivity contribution in [2.24, 2.45) is 5.92 Å². The minimum absolute atomic E-state index is 0.0387. The average molecular weight is 259 g/mol. The molecule has 0 bridgehead atoms. The molecule has 5 heteroatoms. The predicted molar refractivity (Wildman–Crippen MR) is 71.9 cm³/mol. The molecule has 0 aromatic heterocycles. The van der Waals surface area contributed by atoms with E-state index >= 15 is 0 Å². The first kappa shape index (κ1) is 13.2. The van der Waals surface area contributed by atoms with Gasteiger partial charge >= 0.3 is 6.03 Å². The fraction of sp³-hybridized carbons (Fsp3) is 0.429. The smallest absolute Gasteiger partial charge is 0.319 e. The first-order chi connectivity index (χ1) is 9.22. The lowest BCUT2D eigenvalue weighted by molar-refractivity contribution is 0.247. The van der Waals surface area contributed by atoms with Crippen LogP contribution in [0.4, 0.5) is 10.5 Å². The summed E-state index contributed by atoms with van der Waals surface area (Å²) in [6.45, 7) is 0. The Balaban J connectivity index is 1.88. The van der Waals surface area contributed by atoms with Crippen LogP contribution in [0.2, 0.25) is 0 Å². The summed E-state index contributed by atoms with van der Waals surface area (Å²) in [5.41, 5.74) is 0.699. The molecule has 0 spiro atoms. The minimum Gasteiger partial charge on any atom is -0.497 e. The number of carbonyl (C=O) groups is 1. The minimum atomic E-state index is -0.266. The summed E-state index contributed by atoms with van der Waals surface area (Å²) in [4.78, 5) is 11.8. The molecule has 2 N–H and O–H groups in total. The number of benzene rings is 1. The monoisotopic (exact) mass is 259 g/mol. The van der Waals surface area contributed by atoms with Crippen molar-refractivity contribution in [2.45, 2.75) is 25.3 Å². The van der Waals surface area contributed by atoms with E-state index in [1.54, 1.807) is 31.4 Å². The Morgan fingerprint density at radius 2 is 2.11 bits per heavy atom. The number of nitrogens with one attached hydrogen (secondary N) is 2. The zero-order chi connectivity index (χ0) is 13.7. The zero-order valence-electron chi connectivity index (χ0n) is 10.8. The van der Waals surface area contributed by atoms with E-state index in [1.807, 2.05) is 0 Å². The molecule has 0 aliphatic heterocycles. The molecule has 19 heavy (non-hydrogen) atoms. The molecule has 2 amide bonds. The molecule has 1 aliphatic carbocycles. The molecule has 2 atom stereocenters. The maximum Gasteiger partial charge on any atom is 0.319 e. The number of rotatable bonds is 3. The molecule has 1 fully saturated rings. The largest absolute Gasteiger partial charge is 0.497 e. The lowest BCUT2D eigenvalue weighted by atomic mass is 10.1. The number of hydrogen-bond donors (Lipinski definition) is 2. The molecule has 0 radical (unpaired) electrons. The van der Waals surface area contributed by atoms with Crippen LogP contribution in [0, 0.1) is 17.2 Å². The van der Waals surface area contributed by atoms with Crippen LogP contribution < -0.4 is 15.4 Å². The van der Waals surface area contributed by atoms with Gasteiger partial charge in [0.2, 0.25) is 0 Å². The van der Waals surface area contributed by atoms with Gasteiger partial charge in [-0.25, -0.2) is 4.79 Å². The lowest BCUT2D eigenvalue weighted by Crippen LogP contribution is -2.39. The van der Waals surface area contributed by atoms with Gasteiger partial charge < -0.3 is 15.4 Å². The Hall–Kier alpha value is -2.22. The quantitative estimate of drug-likeness (QED) is 0.875. The molecule has 1 aromatic rings. The Morgan fingerprint density at radius 1 is 1.37 bits per heavy atom. The summed E-state index contributed by atoms with van der Waals surface area (Å²) >= 11 is 0. The highest BCUT2D eigenvalue weighted by atomic mass is 16.5. The van der Waals surface area contributed by atoms with Crippen molar-refractivity contribution in [1.82, 2.24) is 5.32 Å². The number of urea groups is 1. The Bertz CT molecular complexity index is 478. The summed E-state index contributed by atoms with van der Waals surface area (Å²) < 4.78 is 5.05. The van der Waals surface area contributed by atoms with Gasteiger partial charge in [0.1, 0.15) is 5.75 Å². The van der Waals surface area contributed by atoms with E-state index in [0.717, 1.165) is 25.0 Å². The van der Waals surface area contributed by atoms with Crippen LogP contribution in [0.15, 0.2) is 24.3 Å². The van der Waals surface area contributed by atoms with Gasteiger partial charge in [0.25, 0.3) is 0 Å². The fourth-order valence-electron chi connectivity index (χ4n) is 2.30. The van der Waals surface area contributed by atoms with Gasteiger partial charge in [-0.2, -0.15) is 5.26 Å². The number of nitrogens with zero attached hydrogens (tertiary/aromatic N) is 1. The van der Waals surface area contributed by atoms with Crippen LogP contribution in [0.5, 0.6) is 5.75 Å². The van der Waals surface area contributed by atoms with Crippen molar-refractivity contribution in [2.75, 3.05) is 12.4 Å². The number of nitriles is 1. The first-order valence-corrected chi connectivity index (χ1v) is 6.34. The van der Waals surface area contributed by atoms with Crippen LogP contribution in [0.3, 0.4) is 0 Å². The molecule has 2 unspecified atom stereocenters. The number of anilines is 1. The van der Waals surface area contributed by atoms with Gasteiger partial charge in [-0.15, -0.1) is 0 Å². The van der Waals surface area contributed by atoms with Crippen LogP contribution >= 0.6 is 0 Å². The third kappa shape index (κ3) is 3.38. The highest BCUT2D eigenvalue weighted by Gasteiger charge is 2.28. The molecular formula is C14H17N3O2. The second-order valence-electron chi connectivity index (χ2n) is 4.60. The molecule has 1 aliphatic rings. The van der Waals surface area contributed by atoms with E-state index in [2.05, 4.69) is 16.7 Å². The van der Waals surface area contributed by atoms with Gasteiger partial charge in [0.05, 0.1) is 19.1 Å². The number of methoxy groups -OCH3 is 1. The fourth-order valence-corrected chi connectivity index (χ4v) is 2.30. The normalized spacial score (nSPS) is 21.5. The molecule has 2 rings (SSSR count). The topological polar surface area (TPSA) is 74.2 Å². The van der Waals surface area contributed by atoms with Crippen molar-refractivity contribution in [3.8, 4) is 11.8 Å². The lowest BCUT2D eigenvalue weighted by Gasteiger charge is -2.16. The van der Waals surface area contributed by atoms with Crippen molar-refractivity contribution in [3.05, 3.63) is 24.3 Å². The van der Waals surface area contributed by atoms with Gasteiger partial charge in [-0.05, 0) is 43.5 Å². The SMILES string of the molecule is COc1ccc(NC(=O)NC2CCCC2C#N)cc1. The molecule has 1 aromatic carbocycles. The molecular weight excluding hydrogens is 242 g/mol. The maximum absolute atomic E-state index is 11.8. The summed E-state index contributed by atoms with van der Waals surface area (Å²) in [7, 11) is 1.59. The third-order valence-corrected chi connectivity index (χ3v) is 3.35. The first-order valence-electron chi connectivity index (χ1n) is 6.34. The molecule has 0 saturated heterocycles. The molecule has 100 valence electrons. The Labute approximate surface area is 112 Å². The van der Waals surface area contributed by atoms with E-state index in [9.17, 15) is 4.79 Å². The van der Waals surface area contributed by atoms with Crippen LogP contribution in [-0.2, 0) is 0 Å². The number of amides is 2. The van der Waals surface area contributed by atoms with E-state index in [0.29, 0.717) is 5.69 Å². The standard InChI is InChI=1S/C14H17N3O2/c1-19-12-7-5-11(6-8-12)16-14(18)17-13-4-2-3-10(13)9-15/h5-8,10,13H,2-4H2,1H3,(H2,16,17,18). The van der Waals surface area contributed by atoms with Crippen molar-refractivity contribution in [1.29, 1.82) is 5.26 Å². The zero-order valence-corrected chi connectivity index (χ0v) is 10.8. The van der Waals surface area contributed by atoms with Gasteiger partial charge in [0.15, 0.2) is 0 Å². The van der Waals surface area contributed by atoms with Crippen molar-refractivity contribution < 1.29 is 9.53 Å². The summed E-state index contributed by atoms with van der Waals surface area (Å²) in [6.07, 6.45) is 2.73. The molecule has 0 heterocycles. The molecule has 1 saturated carbocycles. The van der Waals surface area contributed by atoms with Crippen molar-refractivity contribution in [3.63, 3.8) is 0 Å². The second kappa shape index (κ2) is 6.10. The Kier molecular flexibility index (Phi) is 4.24. The van der Waals surface area contributed by atoms with Crippen LogP contribution in [0.1, 0.15) is 19.3 Å². The van der Waals surface area contributed by atoms with E-state index < -0.39 is 0 Å². The summed E-state index contributed by atoms with van der Waals surface area (Å²) in [5.74, 6) is 0.674. The third-order valence-electron chi connectivity index (χ3n) is 3.35. The highest BCUT2D eigenvalue weighted by molar-refractivity contribution is 5.89. The number of ether oxygens (including phenoxy) is 1. The van der Waals surface area contributed by atoms with Crippen LogP contribution in [0.25, 0.3) is 0 Å². The number of carbonyl (C=O) groups excluding carboxylic acids is 1. The second-order valence-corrected chi connectivity index (χ2v) is 4.60. The summed E-state index contributed by atoms with van der Waals surface area (Å²) in [6, 6.07) is 9.04.